The van der Waals surface area contributed by atoms with Crippen LogP contribution in [0.5, 0.6) is 11.5 Å². The highest BCUT2D eigenvalue weighted by Crippen LogP contribution is 2.22. The van der Waals surface area contributed by atoms with Crippen LogP contribution in [0.25, 0.3) is 0 Å². The zero-order valence-electron chi connectivity index (χ0n) is 12.4. The first-order valence-corrected chi connectivity index (χ1v) is 7.38. The summed E-state index contributed by atoms with van der Waals surface area (Å²) in [6.07, 6.45) is 2.19. The van der Waals surface area contributed by atoms with Crippen molar-refractivity contribution < 1.29 is 4.74 Å². The Bertz CT molecular complexity index is 519. The fraction of sp³-hybridized carbons (Fsp3) is 0.333. The Kier molecular flexibility index (Phi) is 5.63. The van der Waals surface area contributed by atoms with E-state index in [1.807, 2.05) is 24.3 Å². The fourth-order valence-electron chi connectivity index (χ4n) is 2.05. The van der Waals surface area contributed by atoms with Crippen LogP contribution >= 0.6 is 0 Å². The summed E-state index contributed by atoms with van der Waals surface area (Å²) in [5, 5.41) is 3.39. The molecule has 0 aliphatic rings. The molecule has 0 amide bonds. The Hall–Kier alpha value is -1.80. The van der Waals surface area contributed by atoms with Gasteiger partial charge in [0.2, 0.25) is 0 Å². The summed E-state index contributed by atoms with van der Waals surface area (Å²) >= 11 is 0. The van der Waals surface area contributed by atoms with Crippen molar-refractivity contribution >= 4 is 0 Å². The third-order valence-electron chi connectivity index (χ3n) is 3.22. The molecular formula is C18H23NO. The molecule has 0 aromatic heterocycles. The van der Waals surface area contributed by atoms with Crippen molar-refractivity contribution in [2.75, 3.05) is 6.54 Å². The van der Waals surface area contributed by atoms with Gasteiger partial charge in [0, 0.05) is 6.54 Å². The molecule has 0 bridgehead atoms. The Morgan fingerprint density at radius 3 is 2.40 bits per heavy atom. The first-order chi connectivity index (χ1) is 9.81. The highest BCUT2D eigenvalue weighted by Gasteiger charge is 1.99. The molecule has 20 heavy (non-hydrogen) atoms. The van der Waals surface area contributed by atoms with Gasteiger partial charge in [0.25, 0.3) is 0 Å². The topological polar surface area (TPSA) is 21.3 Å². The first kappa shape index (κ1) is 14.6. The molecule has 0 aliphatic heterocycles. The van der Waals surface area contributed by atoms with E-state index in [2.05, 4.69) is 43.4 Å². The Labute approximate surface area is 121 Å². The van der Waals surface area contributed by atoms with Gasteiger partial charge in [-0.2, -0.15) is 0 Å². The van der Waals surface area contributed by atoms with Gasteiger partial charge in [-0.3, -0.25) is 0 Å². The molecule has 2 aromatic rings. The van der Waals surface area contributed by atoms with Crippen molar-refractivity contribution in [1.82, 2.24) is 5.32 Å². The third kappa shape index (κ3) is 4.39. The van der Waals surface area contributed by atoms with Gasteiger partial charge in [-0.25, -0.2) is 0 Å². The fourth-order valence-corrected chi connectivity index (χ4v) is 2.05. The summed E-state index contributed by atoms with van der Waals surface area (Å²) in [5.74, 6) is 1.79. The summed E-state index contributed by atoms with van der Waals surface area (Å²) in [6.45, 7) is 6.30. The number of aryl methyl sites for hydroxylation is 1. The predicted molar refractivity (Wildman–Crippen MR) is 84.3 cm³/mol. The quantitative estimate of drug-likeness (QED) is 0.745. The first-order valence-electron chi connectivity index (χ1n) is 7.38. The summed E-state index contributed by atoms with van der Waals surface area (Å²) in [5.41, 5.74) is 2.58. The second kappa shape index (κ2) is 7.71. The number of hydrogen-bond acceptors (Lipinski definition) is 2. The Morgan fingerprint density at radius 1 is 0.900 bits per heavy atom. The lowest BCUT2D eigenvalue weighted by molar-refractivity contribution is 0.481. The van der Waals surface area contributed by atoms with Crippen LogP contribution in [0, 0.1) is 0 Å². The average Bonchev–Trinajstić information content (AvgIpc) is 2.49. The molecule has 0 unspecified atom stereocenters. The minimum Gasteiger partial charge on any atom is -0.457 e. The maximum Gasteiger partial charge on any atom is 0.127 e. The molecule has 0 saturated carbocycles. The van der Waals surface area contributed by atoms with E-state index in [1.54, 1.807) is 0 Å². The molecule has 0 fully saturated rings. The lowest BCUT2D eigenvalue weighted by Crippen LogP contribution is -2.13. The molecule has 2 heteroatoms. The SMILES string of the molecule is CCCNCc1ccc(Oc2cccc(CC)c2)cc1. The van der Waals surface area contributed by atoms with Crippen molar-refractivity contribution in [3.8, 4) is 11.5 Å². The molecule has 2 nitrogen and oxygen atoms in total. The molecule has 1 N–H and O–H groups in total. The van der Waals surface area contributed by atoms with E-state index in [-0.39, 0.29) is 0 Å². The van der Waals surface area contributed by atoms with E-state index in [0.29, 0.717) is 0 Å². The van der Waals surface area contributed by atoms with Gasteiger partial charge >= 0.3 is 0 Å². The molecule has 0 aliphatic carbocycles. The highest BCUT2D eigenvalue weighted by atomic mass is 16.5. The molecule has 0 radical (unpaired) electrons. The highest BCUT2D eigenvalue weighted by molar-refractivity contribution is 5.35. The van der Waals surface area contributed by atoms with Gasteiger partial charge in [-0.1, -0.05) is 38.1 Å². The molecule has 0 saturated heterocycles. The molecule has 2 aromatic carbocycles. The summed E-state index contributed by atoms with van der Waals surface area (Å²) in [6, 6.07) is 16.5. The standard InChI is InChI=1S/C18H23NO/c1-3-12-19-14-16-8-10-17(11-9-16)20-18-7-5-6-15(4-2)13-18/h5-11,13,19H,3-4,12,14H2,1-2H3. The predicted octanol–water partition coefficient (Wildman–Crippen LogP) is 4.54. The van der Waals surface area contributed by atoms with E-state index in [1.165, 1.54) is 11.1 Å². The number of hydrogen-bond donors (Lipinski definition) is 1. The van der Waals surface area contributed by atoms with Crippen LogP contribution in [0.15, 0.2) is 48.5 Å². The zero-order valence-corrected chi connectivity index (χ0v) is 12.4. The monoisotopic (exact) mass is 269 g/mol. The van der Waals surface area contributed by atoms with E-state index in [0.717, 1.165) is 37.4 Å². The zero-order chi connectivity index (χ0) is 14.2. The molecule has 2 rings (SSSR count). The van der Waals surface area contributed by atoms with Gasteiger partial charge in [-0.05, 0) is 54.8 Å². The van der Waals surface area contributed by atoms with Crippen molar-refractivity contribution in [3.63, 3.8) is 0 Å². The molecule has 0 atom stereocenters. The third-order valence-corrected chi connectivity index (χ3v) is 3.22. The minimum atomic E-state index is 0.887. The van der Waals surface area contributed by atoms with E-state index < -0.39 is 0 Å². The van der Waals surface area contributed by atoms with Crippen LogP contribution in [0.3, 0.4) is 0 Å². The van der Waals surface area contributed by atoms with Crippen LogP contribution in [0.4, 0.5) is 0 Å². The van der Waals surface area contributed by atoms with Gasteiger partial charge in [0.1, 0.15) is 11.5 Å². The van der Waals surface area contributed by atoms with E-state index >= 15 is 0 Å². The number of ether oxygens (including phenoxy) is 1. The Balaban J connectivity index is 1.95. The van der Waals surface area contributed by atoms with E-state index in [4.69, 9.17) is 4.74 Å². The van der Waals surface area contributed by atoms with Crippen molar-refractivity contribution in [1.29, 1.82) is 0 Å². The van der Waals surface area contributed by atoms with Crippen molar-refractivity contribution in [3.05, 3.63) is 59.7 Å². The molecule has 0 heterocycles. The minimum absolute atomic E-state index is 0.887. The van der Waals surface area contributed by atoms with Crippen LogP contribution in [0.1, 0.15) is 31.4 Å². The number of benzene rings is 2. The van der Waals surface area contributed by atoms with Crippen LogP contribution in [-0.4, -0.2) is 6.54 Å². The maximum atomic E-state index is 5.88. The normalized spacial score (nSPS) is 10.5. The molecule has 0 spiro atoms. The van der Waals surface area contributed by atoms with Gasteiger partial charge in [0.05, 0.1) is 0 Å². The van der Waals surface area contributed by atoms with Crippen LogP contribution in [-0.2, 0) is 13.0 Å². The smallest absolute Gasteiger partial charge is 0.127 e. The van der Waals surface area contributed by atoms with Crippen LogP contribution in [0.2, 0.25) is 0 Å². The van der Waals surface area contributed by atoms with Gasteiger partial charge in [-0.15, -0.1) is 0 Å². The number of rotatable bonds is 7. The Morgan fingerprint density at radius 2 is 1.70 bits per heavy atom. The second-order valence-corrected chi connectivity index (χ2v) is 4.92. The molecule has 106 valence electrons. The van der Waals surface area contributed by atoms with E-state index in [9.17, 15) is 0 Å². The average molecular weight is 269 g/mol. The van der Waals surface area contributed by atoms with Gasteiger partial charge < -0.3 is 10.1 Å². The second-order valence-electron chi connectivity index (χ2n) is 4.92. The summed E-state index contributed by atoms with van der Waals surface area (Å²) in [7, 11) is 0. The lowest BCUT2D eigenvalue weighted by Gasteiger charge is -2.08. The maximum absolute atomic E-state index is 5.88. The van der Waals surface area contributed by atoms with Gasteiger partial charge in [0.15, 0.2) is 0 Å². The largest absolute Gasteiger partial charge is 0.457 e. The summed E-state index contributed by atoms with van der Waals surface area (Å²) in [4.78, 5) is 0. The van der Waals surface area contributed by atoms with Crippen LogP contribution < -0.4 is 10.1 Å². The summed E-state index contributed by atoms with van der Waals surface area (Å²) < 4.78 is 5.88. The van der Waals surface area contributed by atoms with Crippen molar-refractivity contribution in [2.24, 2.45) is 0 Å². The molecular weight excluding hydrogens is 246 g/mol. The lowest BCUT2D eigenvalue weighted by atomic mass is 10.1. The van der Waals surface area contributed by atoms with Crippen molar-refractivity contribution in [2.45, 2.75) is 33.2 Å². The number of nitrogens with one attached hydrogen (secondary N) is 1.